The van der Waals surface area contributed by atoms with Gasteiger partial charge in [-0.15, -0.1) is 0 Å². The number of ether oxygens (including phenoxy) is 1. The molecule has 0 N–H and O–H groups in total. The maximum atomic E-state index is 10.7. The zero-order valence-corrected chi connectivity index (χ0v) is 8.55. The van der Waals surface area contributed by atoms with Crippen molar-refractivity contribution < 1.29 is 9.53 Å². The Kier molecular flexibility index (Phi) is 3.49. The molecule has 0 saturated heterocycles. The Balaban J connectivity index is 3.00. The van der Waals surface area contributed by atoms with Crippen molar-refractivity contribution in [2.24, 2.45) is 0 Å². The van der Waals surface area contributed by atoms with Gasteiger partial charge in [0.2, 0.25) is 0 Å². The van der Waals surface area contributed by atoms with Crippen molar-refractivity contribution in [1.29, 1.82) is 0 Å². The van der Waals surface area contributed by atoms with E-state index in [-0.39, 0.29) is 5.15 Å². The van der Waals surface area contributed by atoms with E-state index in [1.807, 2.05) is 6.92 Å². The monoisotopic (exact) mass is 209 g/mol. The highest BCUT2D eigenvalue weighted by atomic mass is 35.5. The maximum absolute atomic E-state index is 10.7. The molecule has 72 valence electrons. The number of aromatic nitrogens is 1. The molecule has 0 aromatic carbocycles. The van der Waals surface area contributed by atoms with Crippen molar-refractivity contribution in [3.63, 3.8) is 0 Å². The maximum Gasteiger partial charge on any atom is 0.384 e. The number of esters is 1. The molecule has 0 radical (unpaired) electrons. The minimum Gasteiger partial charge on any atom is -0.459 e. The summed E-state index contributed by atoms with van der Waals surface area (Å²) in [6.07, 6.45) is 1.63. The molecule has 0 aliphatic heterocycles. The first-order chi connectivity index (χ1) is 6.63. The third-order valence-corrected chi connectivity index (χ3v) is 1.76. The number of hydrogen-bond donors (Lipinski definition) is 0. The van der Waals surface area contributed by atoms with Gasteiger partial charge in [-0.3, -0.25) is 0 Å². The van der Waals surface area contributed by atoms with E-state index in [2.05, 4.69) is 21.6 Å². The minimum absolute atomic E-state index is 0.284. The first-order valence-electron chi connectivity index (χ1n) is 3.85. The number of carbonyl (C=O) groups excluding carboxylic acids is 1. The molecule has 0 aliphatic carbocycles. The largest absolute Gasteiger partial charge is 0.459 e. The van der Waals surface area contributed by atoms with Gasteiger partial charge in [-0.25, -0.2) is 9.78 Å². The molecular formula is C10H8ClNO2. The average Bonchev–Trinajstić information content (AvgIpc) is 2.19. The first-order valence-corrected chi connectivity index (χ1v) is 4.23. The summed E-state index contributed by atoms with van der Waals surface area (Å²) in [6, 6.07) is 1.76. The highest BCUT2D eigenvalue weighted by molar-refractivity contribution is 6.30. The van der Waals surface area contributed by atoms with Gasteiger partial charge in [0, 0.05) is 12.1 Å². The van der Waals surface area contributed by atoms with Gasteiger partial charge in [-0.05, 0) is 18.6 Å². The van der Waals surface area contributed by atoms with E-state index in [4.69, 9.17) is 11.6 Å². The second-order valence-corrected chi connectivity index (χ2v) is 2.95. The fourth-order valence-electron chi connectivity index (χ4n) is 0.810. The summed E-state index contributed by atoms with van der Waals surface area (Å²) in [5.41, 5.74) is 1.46. The number of hydrogen-bond acceptors (Lipinski definition) is 3. The summed E-state index contributed by atoms with van der Waals surface area (Å²) in [5, 5.41) is 0.284. The number of aryl methyl sites for hydroxylation is 1. The lowest BCUT2D eigenvalue weighted by atomic mass is 10.2. The fourth-order valence-corrected chi connectivity index (χ4v) is 0.960. The summed E-state index contributed by atoms with van der Waals surface area (Å²) in [6.45, 7) is 1.87. The van der Waals surface area contributed by atoms with Crippen molar-refractivity contribution in [1.82, 2.24) is 4.98 Å². The summed E-state index contributed by atoms with van der Waals surface area (Å²) >= 11 is 5.76. The second kappa shape index (κ2) is 4.64. The van der Waals surface area contributed by atoms with Gasteiger partial charge < -0.3 is 4.74 Å². The van der Waals surface area contributed by atoms with Gasteiger partial charge in [0.25, 0.3) is 0 Å². The van der Waals surface area contributed by atoms with Crippen LogP contribution in [-0.2, 0) is 9.53 Å². The van der Waals surface area contributed by atoms with Gasteiger partial charge in [-0.2, -0.15) is 0 Å². The van der Waals surface area contributed by atoms with E-state index in [1.165, 1.54) is 7.11 Å². The van der Waals surface area contributed by atoms with Gasteiger partial charge >= 0.3 is 5.97 Å². The highest BCUT2D eigenvalue weighted by Crippen LogP contribution is 2.12. The molecule has 3 nitrogen and oxygen atoms in total. The Bertz CT molecular complexity index is 418. The number of methoxy groups -OCH3 is 1. The molecule has 1 aromatic heterocycles. The quantitative estimate of drug-likeness (QED) is 0.370. The summed E-state index contributed by atoms with van der Waals surface area (Å²) < 4.78 is 4.37. The molecule has 0 atom stereocenters. The van der Waals surface area contributed by atoms with Crippen LogP contribution >= 0.6 is 11.6 Å². The lowest BCUT2D eigenvalue weighted by Crippen LogP contribution is -1.95. The van der Waals surface area contributed by atoms with E-state index < -0.39 is 5.97 Å². The Hall–Kier alpha value is -1.53. The van der Waals surface area contributed by atoms with Gasteiger partial charge in [0.1, 0.15) is 5.15 Å². The van der Waals surface area contributed by atoms with Crippen LogP contribution < -0.4 is 0 Å². The molecule has 1 aromatic rings. The molecule has 0 unspecified atom stereocenters. The lowest BCUT2D eigenvalue weighted by molar-refractivity contribution is -0.133. The Labute approximate surface area is 87.1 Å². The number of pyridine rings is 1. The van der Waals surface area contributed by atoms with Crippen molar-refractivity contribution in [2.75, 3.05) is 7.11 Å². The molecule has 4 heteroatoms. The molecule has 0 amide bonds. The van der Waals surface area contributed by atoms with E-state index in [0.717, 1.165) is 5.56 Å². The van der Waals surface area contributed by atoms with E-state index in [1.54, 1.807) is 12.3 Å². The predicted octanol–water partition coefficient (Wildman–Crippen LogP) is 1.57. The predicted molar refractivity (Wildman–Crippen MR) is 52.9 cm³/mol. The molecule has 0 bridgehead atoms. The molecule has 1 rings (SSSR count). The van der Waals surface area contributed by atoms with Crippen LogP contribution in [-0.4, -0.2) is 18.1 Å². The van der Waals surface area contributed by atoms with Crippen molar-refractivity contribution >= 4 is 17.6 Å². The number of rotatable bonds is 0. The Morgan fingerprint density at radius 3 is 3.00 bits per heavy atom. The Morgan fingerprint density at radius 2 is 2.36 bits per heavy atom. The summed E-state index contributed by atoms with van der Waals surface area (Å²) in [5.74, 6) is 4.27. The van der Waals surface area contributed by atoms with Crippen LogP contribution in [0.4, 0.5) is 0 Å². The van der Waals surface area contributed by atoms with Crippen LogP contribution in [0.5, 0.6) is 0 Å². The van der Waals surface area contributed by atoms with Crippen molar-refractivity contribution in [3.8, 4) is 11.8 Å². The second-order valence-electron chi connectivity index (χ2n) is 2.59. The molecule has 0 spiro atoms. The third-order valence-electron chi connectivity index (χ3n) is 1.46. The standard InChI is InChI=1S/C10H8ClNO2/c1-7-5-8(10(11)12-6-7)3-4-9(13)14-2/h5-6H,1-2H3. The average molecular weight is 210 g/mol. The summed E-state index contributed by atoms with van der Waals surface area (Å²) in [4.78, 5) is 14.6. The van der Waals surface area contributed by atoms with Gasteiger partial charge in [0.15, 0.2) is 0 Å². The molecule has 14 heavy (non-hydrogen) atoms. The van der Waals surface area contributed by atoms with E-state index >= 15 is 0 Å². The first kappa shape index (κ1) is 10.6. The van der Waals surface area contributed by atoms with Crippen LogP contribution in [0.1, 0.15) is 11.1 Å². The lowest BCUT2D eigenvalue weighted by Gasteiger charge is -1.95. The van der Waals surface area contributed by atoms with Crippen molar-refractivity contribution in [2.45, 2.75) is 6.92 Å². The minimum atomic E-state index is -0.595. The van der Waals surface area contributed by atoms with E-state index in [9.17, 15) is 4.79 Å². The fraction of sp³-hybridized carbons (Fsp3) is 0.200. The Morgan fingerprint density at radius 1 is 1.64 bits per heavy atom. The van der Waals surface area contributed by atoms with Crippen LogP contribution in [0.3, 0.4) is 0 Å². The normalized spacial score (nSPS) is 8.79. The number of halogens is 1. The number of nitrogens with zero attached hydrogens (tertiary/aromatic N) is 1. The van der Waals surface area contributed by atoms with Crippen LogP contribution in [0.25, 0.3) is 0 Å². The van der Waals surface area contributed by atoms with E-state index in [0.29, 0.717) is 5.56 Å². The zero-order chi connectivity index (χ0) is 10.6. The molecule has 0 aliphatic rings. The van der Waals surface area contributed by atoms with Crippen LogP contribution in [0.15, 0.2) is 12.3 Å². The summed E-state index contributed by atoms with van der Waals surface area (Å²) in [7, 11) is 1.27. The highest BCUT2D eigenvalue weighted by Gasteiger charge is 1.98. The van der Waals surface area contributed by atoms with Crippen LogP contribution in [0.2, 0.25) is 5.15 Å². The topological polar surface area (TPSA) is 39.2 Å². The molecule has 0 saturated carbocycles. The third kappa shape index (κ3) is 2.75. The molecule has 0 fully saturated rings. The van der Waals surface area contributed by atoms with Gasteiger partial charge in [0.05, 0.1) is 12.7 Å². The number of carbonyl (C=O) groups is 1. The molecule has 1 heterocycles. The van der Waals surface area contributed by atoms with Gasteiger partial charge in [-0.1, -0.05) is 17.5 Å². The zero-order valence-electron chi connectivity index (χ0n) is 7.80. The molecular weight excluding hydrogens is 202 g/mol. The van der Waals surface area contributed by atoms with Crippen LogP contribution in [0, 0.1) is 18.8 Å². The van der Waals surface area contributed by atoms with Crippen molar-refractivity contribution in [3.05, 3.63) is 28.5 Å². The smallest absolute Gasteiger partial charge is 0.384 e. The SMILES string of the molecule is COC(=O)C#Cc1cc(C)cnc1Cl.